The number of halogens is 1. The SMILES string of the molecule is O=[N+]([O-])c1c(F)cccc1Nc1cccc2ccccc12. The summed E-state index contributed by atoms with van der Waals surface area (Å²) >= 11 is 0. The van der Waals surface area contributed by atoms with Crippen LogP contribution in [0.4, 0.5) is 21.5 Å². The van der Waals surface area contributed by atoms with Crippen molar-refractivity contribution < 1.29 is 9.31 Å². The van der Waals surface area contributed by atoms with Gasteiger partial charge in [-0.3, -0.25) is 10.1 Å². The monoisotopic (exact) mass is 282 g/mol. The van der Waals surface area contributed by atoms with E-state index in [9.17, 15) is 14.5 Å². The van der Waals surface area contributed by atoms with Crippen LogP contribution in [0.2, 0.25) is 0 Å². The van der Waals surface area contributed by atoms with Gasteiger partial charge in [-0.05, 0) is 23.6 Å². The van der Waals surface area contributed by atoms with Gasteiger partial charge in [0.05, 0.1) is 4.92 Å². The molecule has 0 atom stereocenters. The Labute approximate surface area is 120 Å². The molecule has 0 heterocycles. The zero-order chi connectivity index (χ0) is 14.8. The molecule has 5 heteroatoms. The summed E-state index contributed by atoms with van der Waals surface area (Å²) in [6, 6.07) is 17.2. The van der Waals surface area contributed by atoms with Gasteiger partial charge >= 0.3 is 5.69 Å². The number of nitro benzene ring substituents is 1. The maximum absolute atomic E-state index is 13.6. The molecule has 0 amide bonds. The minimum Gasteiger partial charge on any atom is -0.349 e. The van der Waals surface area contributed by atoms with Crippen LogP contribution in [0, 0.1) is 15.9 Å². The van der Waals surface area contributed by atoms with E-state index in [2.05, 4.69) is 5.32 Å². The van der Waals surface area contributed by atoms with Crippen molar-refractivity contribution in [2.24, 2.45) is 0 Å². The summed E-state index contributed by atoms with van der Waals surface area (Å²) in [4.78, 5) is 10.3. The van der Waals surface area contributed by atoms with E-state index >= 15 is 0 Å². The summed E-state index contributed by atoms with van der Waals surface area (Å²) in [5.74, 6) is -0.856. The van der Waals surface area contributed by atoms with Gasteiger partial charge in [-0.1, -0.05) is 42.5 Å². The third kappa shape index (κ3) is 2.41. The fourth-order valence-electron chi connectivity index (χ4n) is 2.28. The standard InChI is InChI=1S/C16H11FN2O2/c17-13-8-4-10-15(16(13)19(20)21)18-14-9-3-6-11-5-1-2-7-12(11)14/h1-10,18H. The highest BCUT2D eigenvalue weighted by Crippen LogP contribution is 2.32. The van der Waals surface area contributed by atoms with Crippen molar-refractivity contribution in [1.29, 1.82) is 0 Å². The lowest BCUT2D eigenvalue weighted by Gasteiger charge is -2.10. The summed E-state index contributed by atoms with van der Waals surface area (Å²) < 4.78 is 13.6. The number of nitrogens with one attached hydrogen (secondary N) is 1. The van der Waals surface area contributed by atoms with Gasteiger partial charge in [0, 0.05) is 11.1 Å². The lowest BCUT2D eigenvalue weighted by molar-refractivity contribution is -0.386. The number of rotatable bonds is 3. The van der Waals surface area contributed by atoms with Crippen LogP contribution in [-0.2, 0) is 0 Å². The Kier molecular flexibility index (Phi) is 3.23. The molecule has 0 aliphatic carbocycles. The van der Waals surface area contributed by atoms with Gasteiger partial charge in [0.15, 0.2) is 0 Å². The molecule has 0 unspecified atom stereocenters. The minimum absolute atomic E-state index is 0.136. The number of nitro groups is 1. The van der Waals surface area contributed by atoms with Gasteiger partial charge in [-0.2, -0.15) is 4.39 Å². The van der Waals surface area contributed by atoms with Crippen molar-refractivity contribution >= 4 is 27.8 Å². The molecule has 0 aliphatic heterocycles. The fourth-order valence-corrected chi connectivity index (χ4v) is 2.28. The smallest absolute Gasteiger partial charge is 0.327 e. The molecule has 4 nitrogen and oxygen atoms in total. The van der Waals surface area contributed by atoms with Gasteiger partial charge in [-0.15, -0.1) is 0 Å². The Morgan fingerprint density at radius 3 is 2.38 bits per heavy atom. The van der Waals surface area contributed by atoms with Crippen LogP contribution in [0.15, 0.2) is 60.7 Å². The number of hydrogen-bond acceptors (Lipinski definition) is 3. The molecule has 0 aliphatic rings. The van der Waals surface area contributed by atoms with Crippen LogP contribution in [0.5, 0.6) is 0 Å². The largest absolute Gasteiger partial charge is 0.349 e. The van der Waals surface area contributed by atoms with Crippen molar-refractivity contribution in [3.8, 4) is 0 Å². The second kappa shape index (κ2) is 5.20. The highest BCUT2D eigenvalue weighted by Gasteiger charge is 2.20. The summed E-state index contributed by atoms with van der Waals surface area (Å²) in [5.41, 5.74) is 0.281. The molecular weight excluding hydrogens is 271 g/mol. The number of para-hydroxylation sites is 1. The summed E-state index contributed by atoms with van der Waals surface area (Å²) in [6.45, 7) is 0. The predicted octanol–water partition coefficient (Wildman–Crippen LogP) is 4.63. The van der Waals surface area contributed by atoms with Crippen LogP contribution in [0.3, 0.4) is 0 Å². The molecule has 3 aromatic carbocycles. The lowest BCUT2D eigenvalue weighted by Crippen LogP contribution is -1.99. The number of hydrogen-bond donors (Lipinski definition) is 1. The maximum Gasteiger partial charge on any atom is 0.327 e. The maximum atomic E-state index is 13.6. The number of fused-ring (bicyclic) bond motifs is 1. The lowest BCUT2D eigenvalue weighted by atomic mass is 10.1. The van der Waals surface area contributed by atoms with Crippen LogP contribution in [0.25, 0.3) is 10.8 Å². The Morgan fingerprint density at radius 2 is 1.57 bits per heavy atom. The first-order valence-corrected chi connectivity index (χ1v) is 6.34. The predicted molar refractivity (Wildman–Crippen MR) is 80.3 cm³/mol. The highest BCUT2D eigenvalue weighted by molar-refractivity contribution is 5.95. The Morgan fingerprint density at radius 1 is 0.905 bits per heavy atom. The Balaban J connectivity index is 2.12. The van der Waals surface area contributed by atoms with E-state index in [0.29, 0.717) is 5.69 Å². The third-order valence-electron chi connectivity index (χ3n) is 3.23. The average molecular weight is 282 g/mol. The second-order valence-electron chi connectivity index (χ2n) is 4.54. The molecule has 0 radical (unpaired) electrons. The first-order chi connectivity index (χ1) is 10.2. The van der Waals surface area contributed by atoms with Crippen molar-refractivity contribution in [1.82, 2.24) is 0 Å². The fraction of sp³-hybridized carbons (Fsp3) is 0. The van der Waals surface area contributed by atoms with Gasteiger partial charge in [0.1, 0.15) is 5.69 Å². The first-order valence-electron chi connectivity index (χ1n) is 6.34. The molecular formula is C16H11FN2O2. The quantitative estimate of drug-likeness (QED) is 0.563. The van der Waals surface area contributed by atoms with E-state index in [0.717, 1.165) is 16.8 Å². The van der Waals surface area contributed by atoms with E-state index in [1.54, 1.807) is 6.07 Å². The number of anilines is 2. The van der Waals surface area contributed by atoms with Crippen LogP contribution >= 0.6 is 0 Å². The zero-order valence-electron chi connectivity index (χ0n) is 10.9. The molecule has 0 aromatic heterocycles. The molecule has 1 N–H and O–H groups in total. The molecule has 3 rings (SSSR count). The van der Waals surface area contributed by atoms with E-state index in [1.165, 1.54) is 12.1 Å². The van der Waals surface area contributed by atoms with Gasteiger partial charge < -0.3 is 5.32 Å². The molecule has 0 saturated carbocycles. The topological polar surface area (TPSA) is 55.2 Å². The minimum atomic E-state index is -0.856. The van der Waals surface area contributed by atoms with Gasteiger partial charge in [0.2, 0.25) is 5.82 Å². The highest BCUT2D eigenvalue weighted by atomic mass is 19.1. The average Bonchev–Trinajstić information content (AvgIpc) is 2.47. The van der Waals surface area contributed by atoms with Crippen molar-refractivity contribution in [3.63, 3.8) is 0 Å². The van der Waals surface area contributed by atoms with E-state index in [-0.39, 0.29) is 5.69 Å². The van der Waals surface area contributed by atoms with Crippen LogP contribution in [0.1, 0.15) is 0 Å². The van der Waals surface area contributed by atoms with E-state index in [4.69, 9.17) is 0 Å². The second-order valence-corrected chi connectivity index (χ2v) is 4.54. The van der Waals surface area contributed by atoms with Gasteiger partial charge in [0.25, 0.3) is 0 Å². The number of nitrogens with zero attached hydrogens (tertiary/aromatic N) is 1. The molecule has 0 spiro atoms. The van der Waals surface area contributed by atoms with E-state index < -0.39 is 16.4 Å². The van der Waals surface area contributed by atoms with Crippen LogP contribution in [-0.4, -0.2) is 4.92 Å². The van der Waals surface area contributed by atoms with E-state index in [1.807, 2.05) is 36.4 Å². The zero-order valence-corrected chi connectivity index (χ0v) is 10.9. The summed E-state index contributed by atoms with van der Waals surface area (Å²) in [5, 5.41) is 15.9. The van der Waals surface area contributed by atoms with Crippen molar-refractivity contribution in [2.75, 3.05) is 5.32 Å². The summed E-state index contributed by atoms with van der Waals surface area (Å²) in [6.07, 6.45) is 0. The third-order valence-corrected chi connectivity index (χ3v) is 3.23. The Hall–Kier alpha value is -2.95. The van der Waals surface area contributed by atoms with Crippen molar-refractivity contribution in [2.45, 2.75) is 0 Å². The molecule has 0 bridgehead atoms. The molecule has 0 fully saturated rings. The Bertz CT molecular complexity index is 828. The molecule has 3 aromatic rings. The normalized spacial score (nSPS) is 10.5. The summed E-state index contributed by atoms with van der Waals surface area (Å²) in [7, 11) is 0. The van der Waals surface area contributed by atoms with Crippen LogP contribution < -0.4 is 5.32 Å². The first kappa shape index (κ1) is 13.1. The molecule has 21 heavy (non-hydrogen) atoms. The number of benzene rings is 3. The molecule has 0 saturated heterocycles. The van der Waals surface area contributed by atoms with Gasteiger partial charge in [-0.25, -0.2) is 0 Å². The van der Waals surface area contributed by atoms with Crippen molar-refractivity contribution in [3.05, 3.63) is 76.6 Å². The molecule has 104 valence electrons.